The van der Waals surface area contributed by atoms with Gasteiger partial charge in [0.25, 0.3) is 0 Å². The highest BCUT2D eigenvalue weighted by Crippen LogP contribution is 2.43. The van der Waals surface area contributed by atoms with Gasteiger partial charge in [0, 0.05) is 17.7 Å². The fourth-order valence-electron chi connectivity index (χ4n) is 3.65. The van der Waals surface area contributed by atoms with E-state index in [1.165, 1.54) is 7.11 Å². The predicted octanol–water partition coefficient (Wildman–Crippen LogP) is 4.24. The SMILES string of the molecule is COC(=O)C1(CC(=O)c2ccc(-c3ccc(N)cc3)cc2)CCCC1. The van der Waals surface area contributed by atoms with Gasteiger partial charge in [0.2, 0.25) is 0 Å². The van der Waals surface area contributed by atoms with Crippen molar-refractivity contribution < 1.29 is 14.3 Å². The summed E-state index contributed by atoms with van der Waals surface area (Å²) in [5.74, 6) is -0.256. The van der Waals surface area contributed by atoms with Gasteiger partial charge in [-0.15, -0.1) is 0 Å². The van der Waals surface area contributed by atoms with Crippen LogP contribution in [0.3, 0.4) is 0 Å². The summed E-state index contributed by atoms with van der Waals surface area (Å²) in [4.78, 5) is 24.9. The van der Waals surface area contributed by atoms with Gasteiger partial charge in [-0.2, -0.15) is 0 Å². The molecule has 2 N–H and O–H groups in total. The number of benzene rings is 2. The Morgan fingerprint density at radius 1 is 0.960 bits per heavy atom. The molecular formula is C21H23NO3. The predicted molar refractivity (Wildman–Crippen MR) is 98.2 cm³/mol. The minimum Gasteiger partial charge on any atom is -0.469 e. The maximum absolute atomic E-state index is 12.7. The first kappa shape index (κ1) is 17.2. The summed E-state index contributed by atoms with van der Waals surface area (Å²) < 4.78 is 4.96. The number of carbonyl (C=O) groups excluding carboxylic acids is 2. The lowest BCUT2D eigenvalue weighted by Crippen LogP contribution is -2.32. The minimum absolute atomic E-state index is 0.00356. The second-order valence-electron chi connectivity index (χ2n) is 6.78. The number of methoxy groups -OCH3 is 1. The van der Waals surface area contributed by atoms with Gasteiger partial charge < -0.3 is 10.5 Å². The van der Waals surface area contributed by atoms with E-state index in [0.717, 1.165) is 42.5 Å². The third-order valence-electron chi connectivity index (χ3n) is 5.13. The van der Waals surface area contributed by atoms with Gasteiger partial charge in [-0.25, -0.2) is 0 Å². The summed E-state index contributed by atoms with van der Waals surface area (Å²) in [5.41, 5.74) is 8.51. The number of nitrogen functional groups attached to an aromatic ring is 1. The molecule has 3 rings (SSSR count). The van der Waals surface area contributed by atoms with E-state index in [1.54, 1.807) is 0 Å². The molecule has 4 nitrogen and oxygen atoms in total. The van der Waals surface area contributed by atoms with Crippen LogP contribution in [0.15, 0.2) is 48.5 Å². The number of esters is 1. The molecule has 1 fully saturated rings. The monoisotopic (exact) mass is 337 g/mol. The summed E-state index contributed by atoms with van der Waals surface area (Å²) in [6, 6.07) is 15.1. The van der Waals surface area contributed by atoms with Gasteiger partial charge in [-0.1, -0.05) is 49.2 Å². The highest BCUT2D eigenvalue weighted by Gasteiger charge is 2.43. The van der Waals surface area contributed by atoms with Crippen LogP contribution in [-0.4, -0.2) is 18.9 Å². The molecule has 0 radical (unpaired) electrons. The van der Waals surface area contributed by atoms with Crippen molar-refractivity contribution in [2.24, 2.45) is 5.41 Å². The molecule has 2 aromatic carbocycles. The molecule has 130 valence electrons. The summed E-state index contributed by atoms with van der Waals surface area (Å²) in [5, 5.41) is 0. The Hall–Kier alpha value is -2.62. The minimum atomic E-state index is -0.637. The molecule has 0 spiro atoms. The standard InChI is InChI=1S/C21H23NO3/c1-25-20(24)21(12-2-3-13-21)14-19(23)17-6-4-15(5-7-17)16-8-10-18(22)11-9-16/h4-11H,2-3,12-14,22H2,1H3. The highest BCUT2D eigenvalue weighted by molar-refractivity contribution is 5.99. The third kappa shape index (κ3) is 3.58. The molecule has 4 heteroatoms. The van der Waals surface area contributed by atoms with Crippen LogP contribution in [0.1, 0.15) is 42.5 Å². The Kier molecular flexibility index (Phi) is 4.88. The Bertz CT molecular complexity index is 757. The zero-order valence-corrected chi connectivity index (χ0v) is 14.5. The number of carbonyl (C=O) groups is 2. The van der Waals surface area contributed by atoms with Crippen LogP contribution in [-0.2, 0) is 9.53 Å². The van der Waals surface area contributed by atoms with E-state index in [1.807, 2.05) is 48.5 Å². The number of hydrogen-bond donors (Lipinski definition) is 1. The first-order valence-corrected chi connectivity index (χ1v) is 8.62. The van der Waals surface area contributed by atoms with Crippen LogP contribution >= 0.6 is 0 Å². The van der Waals surface area contributed by atoms with Crippen molar-refractivity contribution in [1.82, 2.24) is 0 Å². The Morgan fingerprint density at radius 3 is 2.00 bits per heavy atom. The van der Waals surface area contributed by atoms with E-state index in [9.17, 15) is 9.59 Å². The van der Waals surface area contributed by atoms with Gasteiger partial charge in [0.05, 0.1) is 12.5 Å². The van der Waals surface area contributed by atoms with Gasteiger partial charge in [-0.05, 0) is 36.1 Å². The Morgan fingerprint density at radius 2 is 1.48 bits per heavy atom. The molecule has 0 bridgehead atoms. The van der Waals surface area contributed by atoms with E-state index in [0.29, 0.717) is 5.56 Å². The molecule has 0 heterocycles. The third-order valence-corrected chi connectivity index (χ3v) is 5.13. The number of anilines is 1. The summed E-state index contributed by atoms with van der Waals surface area (Å²) >= 11 is 0. The largest absolute Gasteiger partial charge is 0.469 e. The average Bonchev–Trinajstić information content (AvgIpc) is 3.11. The molecule has 0 aliphatic heterocycles. The normalized spacial score (nSPS) is 15.7. The van der Waals surface area contributed by atoms with Gasteiger partial charge >= 0.3 is 5.97 Å². The second-order valence-corrected chi connectivity index (χ2v) is 6.78. The van der Waals surface area contributed by atoms with Gasteiger partial charge in [0.1, 0.15) is 0 Å². The van der Waals surface area contributed by atoms with Crippen molar-refractivity contribution in [1.29, 1.82) is 0 Å². The first-order valence-electron chi connectivity index (χ1n) is 8.62. The Balaban J connectivity index is 1.76. The highest BCUT2D eigenvalue weighted by atomic mass is 16.5. The van der Waals surface area contributed by atoms with Crippen LogP contribution in [0.4, 0.5) is 5.69 Å². The summed E-state index contributed by atoms with van der Waals surface area (Å²) in [6.07, 6.45) is 3.63. The zero-order valence-electron chi connectivity index (χ0n) is 14.5. The maximum Gasteiger partial charge on any atom is 0.312 e. The average molecular weight is 337 g/mol. The fourth-order valence-corrected chi connectivity index (χ4v) is 3.65. The van der Waals surface area contributed by atoms with Crippen LogP contribution in [0, 0.1) is 5.41 Å². The van der Waals surface area contributed by atoms with Crippen molar-refractivity contribution >= 4 is 17.4 Å². The number of Topliss-reactive ketones (excluding diaryl/α,β-unsaturated/α-hetero) is 1. The quantitative estimate of drug-likeness (QED) is 0.503. The molecule has 1 aliphatic carbocycles. The molecule has 0 saturated heterocycles. The van der Waals surface area contributed by atoms with Crippen LogP contribution in [0.25, 0.3) is 11.1 Å². The maximum atomic E-state index is 12.7. The van der Waals surface area contributed by atoms with Crippen molar-refractivity contribution in [2.75, 3.05) is 12.8 Å². The van der Waals surface area contributed by atoms with E-state index in [-0.39, 0.29) is 18.2 Å². The van der Waals surface area contributed by atoms with Gasteiger partial charge in [-0.3, -0.25) is 9.59 Å². The lowest BCUT2D eigenvalue weighted by Gasteiger charge is -2.24. The zero-order chi connectivity index (χ0) is 17.9. The van der Waals surface area contributed by atoms with Crippen LogP contribution in [0.5, 0.6) is 0 Å². The first-order chi connectivity index (χ1) is 12.0. The van der Waals surface area contributed by atoms with Crippen LogP contribution in [0.2, 0.25) is 0 Å². The van der Waals surface area contributed by atoms with Crippen molar-refractivity contribution in [2.45, 2.75) is 32.1 Å². The molecule has 0 unspecified atom stereocenters. The number of rotatable bonds is 5. The molecule has 1 saturated carbocycles. The molecule has 2 aromatic rings. The molecule has 0 amide bonds. The van der Waals surface area contributed by atoms with E-state index < -0.39 is 5.41 Å². The van der Waals surface area contributed by atoms with Crippen LogP contribution < -0.4 is 5.73 Å². The van der Waals surface area contributed by atoms with Crippen molar-refractivity contribution in [3.8, 4) is 11.1 Å². The Labute approximate surface area is 148 Å². The van der Waals surface area contributed by atoms with Crippen molar-refractivity contribution in [3.05, 3.63) is 54.1 Å². The van der Waals surface area contributed by atoms with E-state index in [2.05, 4.69) is 0 Å². The van der Waals surface area contributed by atoms with E-state index >= 15 is 0 Å². The smallest absolute Gasteiger partial charge is 0.312 e. The molecule has 0 aromatic heterocycles. The topological polar surface area (TPSA) is 69.4 Å². The molecule has 0 atom stereocenters. The molecule has 25 heavy (non-hydrogen) atoms. The summed E-state index contributed by atoms with van der Waals surface area (Å²) in [7, 11) is 1.40. The lowest BCUT2D eigenvalue weighted by molar-refractivity contribution is -0.152. The van der Waals surface area contributed by atoms with E-state index in [4.69, 9.17) is 10.5 Å². The number of ketones is 1. The lowest BCUT2D eigenvalue weighted by atomic mass is 9.80. The van der Waals surface area contributed by atoms with Crippen molar-refractivity contribution in [3.63, 3.8) is 0 Å². The second kappa shape index (κ2) is 7.09. The number of nitrogens with two attached hydrogens (primary N) is 1. The molecule has 1 aliphatic rings. The fraction of sp³-hybridized carbons (Fsp3) is 0.333. The summed E-state index contributed by atoms with van der Waals surface area (Å²) in [6.45, 7) is 0. The number of ether oxygens (including phenoxy) is 1. The van der Waals surface area contributed by atoms with Gasteiger partial charge in [0.15, 0.2) is 5.78 Å². The molecular weight excluding hydrogens is 314 g/mol. The number of hydrogen-bond acceptors (Lipinski definition) is 4.